The minimum absolute atomic E-state index is 0.200. The highest BCUT2D eigenvalue weighted by molar-refractivity contribution is 6.03. The molecule has 1 N–H and O–H groups in total. The third-order valence-electron chi connectivity index (χ3n) is 4.37. The van der Waals surface area contributed by atoms with Gasteiger partial charge < -0.3 is 15.1 Å². The van der Waals surface area contributed by atoms with Crippen molar-refractivity contribution in [2.24, 2.45) is 0 Å². The molecule has 0 radical (unpaired) electrons. The van der Waals surface area contributed by atoms with Gasteiger partial charge in [0.2, 0.25) is 5.95 Å². The molecule has 1 aromatic carbocycles. The third-order valence-corrected chi connectivity index (χ3v) is 4.37. The highest BCUT2D eigenvalue weighted by Gasteiger charge is 2.20. The molecule has 0 unspecified atom stereocenters. The number of piperazine rings is 1. The van der Waals surface area contributed by atoms with Gasteiger partial charge in [-0.2, -0.15) is 0 Å². The molecular weight excluding hydrogens is 342 g/mol. The lowest BCUT2D eigenvalue weighted by molar-refractivity contribution is 0.102. The molecule has 8 nitrogen and oxygen atoms in total. The first-order valence-corrected chi connectivity index (χ1v) is 8.77. The number of hydrogen-bond donors (Lipinski definition) is 1. The van der Waals surface area contributed by atoms with Gasteiger partial charge in [-0.25, -0.2) is 9.97 Å². The Kier molecular flexibility index (Phi) is 4.86. The van der Waals surface area contributed by atoms with Gasteiger partial charge in [0.15, 0.2) is 11.6 Å². The predicted molar refractivity (Wildman–Crippen MR) is 103 cm³/mol. The Balaban J connectivity index is 1.35. The summed E-state index contributed by atoms with van der Waals surface area (Å²) in [6.07, 6.45) is 3.51. The number of nitrogens with zero attached hydrogens (tertiary/aromatic N) is 6. The van der Waals surface area contributed by atoms with E-state index < -0.39 is 0 Å². The number of aromatic nitrogens is 4. The average Bonchev–Trinajstić information content (AvgIpc) is 2.76. The number of carbonyl (C=O) groups is 1. The fourth-order valence-electron chi connectivity index (χ4n) is 2.93. The molecule has 1 amide bonds. The van der Waals surface area contributed by atoms with E-state index >= 15 is 0 Å². The van der Waals surface area contributed by atoms with Gasteiger partial charge in [0.25, 0.3) is 5.91 Å². The quantitative estimate of drug-likeness (QED) is 0.759. The van der Waals surface area contributed by atoms with E-state index in [0.29, 0.717) is 11.4 Å². The largest absolute Gasteiger partial charge is 0.352 e. The zero-order valence-corrected chi connectivity index (χ0v) is 14.7. The molecule has 1 fully saturated rings. The molecule has 136 valence electrons. The van der Waals surface area contributed by atoms with Crippen LogP contribution in [0.2, 0.25) is 0 Å². The Labute approximate surface area is 156 Å². The Bertz CT molecular complexity index is 879. The van der Waals surface area contributed by atoms with E-state index in [1.165, 1.54) is 0 Å². The molecule has 1 saturated heterocycles. The van der Waals surface area contributed by atoms with Crippen molar-refractivity contribution < 1.29 is 4.79 Å². The molecule has 0 atom stereocenters. The van der Waals surface area contributed by atoms with Gasteiger partial charge in [0, 0.05) is 44.1 Å². The Hall–Kier alpha value is -3.55. The van der Waals surface area contributed by atoms with Crippen LogP contribution in [0.25, 0.3) is 0 Å². The van der Waals surface area contributed by atoms with Crippen LogP contribution in [0.4, 0.5) is 17.6 Å². The summed E-state index contributed by atoms with van der Waals surface area (Å²) in [5.41, 5.74) is 0.586. The molecule has 3 aromatic rings. The fourth-order valence-corrected chi connectivity index (χ4v) is 2.93. The van der Waals surface area contributed by atoms with Gasteiger partial charge in [-0.3, -0.25) is 4.79 Å². The van der Waals surface area contributed by atoms with Crippen LogP contribution in [-0.4, -0.2) is 52.3 Å². The Morgan fingerprint density at radius 2 is 1.52 bits per heavy atom. The first-order chi connectivity index (χ1) is 13.3. The lowest BCUT2D eigenvalue weighted by Gasteiger charge is -2.35. The van der Waals surface area contributed by atoms with Crippen LogP contribution < -0.4 is 15.1 Å². The van der Waals surface area contributed by atoms with Crippen molar-refractivity contribution in [1.29, 1.82) is 0 Å². The van der Waals surface area contributed by atoms with Crippen molar-refractivity contribution >= 4 is 23.5 Å². The van der Waals surface area contributed by atoms with Gasteiger partial charge in [0.1, 0.15) is 0 Å². The number of hydrogen-bond acceptors (Lipinski definition) is 7. The van der Waals surface area contributed by atoms with E-state index in [1.54, 1.807) is 30.6 Å². The molecule has 1 aliphatic heterocycles. The van der Waals surface area contributed by atoms with Gasteiger partial charge in [-0.1, -0.05) is 18.2 Å². The SMILES string of the molecule is O=C(Nc1ccc(N2CCN(c3ncccn3)CC2)nn1)c1ccccc1. The molecule has 27 heavy (non-hydrogen) atoms. The maximum Gasteiger partial charge on any atom is 0.256 e. The fraction of sp³-hybridized carbons (Fsp3) is 0.211. The summed E-state index contributed by atoms with van der Waals surface area (Å²) < 4.78 is 0. The minimum Gasteiger partial charge on any atom is -0.352 e. The normalized spacial score (nSPS) is 14.1. The summed E-state index contributed by atoms with van der Waals surface area (Å²) in [5.74, 6) is 1.78. The number of nitrogens with one attached hydrogen (secondary N) is 1. The van der Waals surface area contributed by atoms with E-state index in [2.05, 4.69) is 35.3 Å². The first kappa shape index (κ1) is 16.9. The second-order valence-electron chi connectivity index (χ2n) is 6.12. The first-order valence-electron chi connectivity index (χ1n) is 8.77. The maximum atomic E-state index is 12.2. The molecule has 8 heteroatoms. The van der Waals surface area contributed by atoms with Gasteiger partial charge >= 0.3 is 0 Å². The molecule has 0 bridgehead atoms. The summed E-state index contributed by atoms with van der Waals surface area (Å²) in [4.78, 5) is 25.1. The minimum atomic E-state index is -0.200. The Morgan fingerprint density at radius 3 is 2.19 bits per heavy atom. The molecule has 0 spiro atoms. The van der Waals surface area contributed by atoms with Crippen LogP contribution >= 0.6 is 0 Å². The van der Waals surface area contributed by atoms with Crippen LogP contribution in [0.1, 0.15) is 10.4 Å². The van der Waals surface area contributed by atoms with E-state index in [1.807, 2.05) is 30.3 Å². The molecular formula is C19H19N7O. The van der Waals surface area contributed by atoms with Crippen molar-refractivity contribution in [2.45, 2.75) is 0 Å². The molecule has 0 aliphatic carbocycles. The van der Waals surface area contributed by atoms with Crippen LogP contribution in [0, 0.1) is 0 Å². The molecule has 2 aromatic heterocycles. The van der Waals surface area contributed by atoms with Crippen molar-refractivity contribution in [3.8, 4) is 0 Å². The molecule has 1 aliphatic rings. The summed E-state index contributed by atoms with van der Waals surface area (Å²) in [6, 6.07) is 14.5. The van der Waals surface area contributed by atoms with Gasteiger partial charge in [-0.05, 0) is 30.3 Å². The van der Waals surface area contributed by atoms with Crippen molar-refractivity contribution in [3.05, 3.63) is 66.5 Å². The predicted octanol–water partition coefficient (Wildman–Crippen LogP) is 1.85. The van der Waals surface area contributed by atoms with Crippen molar-refractivity contribution in [1.82, 2.24) is 20.2 Å². The van der Waals surface area contributed by atoms with E-state index in [9.17, 15) is 4.79 Å². The lowest BCUT2D eigenvalue weighted by Crippen LogP contribution is -2.47. The average molecular weight is 361 g/mol. The monoisotopic (exact) mass is 361 g/mol. The molecule has 3 heterocycles. The Morgan fingerprint density at radius 1 is 0.815 bits per heavy atom. The van der Waals surface area contributed by atoms with Crippen LogP contribution in [0.3, 0.4) is 0 Å². The summed E-state index contributed by atoms with van der Waals surface area (Å²) >= 11 is 0. The highest BCUT2D eigenvalue weighted by Crippen LogP contribution is 2.16. The number of anilines is 3. The number of amides is 1. The summed E-state index contributed by atoms with van der Waals surface area (Å²) in [5, 5.41) is 11.2. The van der Waals surface area contributed by atoms with Crippen molar-refractivity contribution in [2.75, 3.05) is 41.3 Å². The maximum absolute atomic E-state index is 12.2. The van der Waals surface area contributed by atoms with Crippen molar-refractivity contribution in [3.63, 3.8) is 0 Å². The van der Waals surface area contributed by atoms with E-state index in [-0.39, 0.29) is 5.91 Å². The smallest absolute Gasteiger partial charge is 0.256 e. The highest BCUT2D eigenvalue weighted by atomic mass is 16.1. The topological polar surface area (TPSA) is 87.1 Å². The van der Waals surface area contributed by atoms with Crippen LogP contribution in [0.15, 0.2) is 60.9 Å². The lowest BCUT2D eigenvalue weighted by atomic mass is 10.2. The second-order valence-corrected chi connectivity index (χ2v) is 6.12. The standard InChI is InChI=1S/C19H19N7O/c27-18(15-5-2-1-3-6-15)22-16-7-8-17(24-23-16)25-11-13-26(14-12-25)19-20-9-4-10-21-19/h1-10H,11-14H2,(H,22,23,27). The zero-order valence-electron chi connectivity index (χ0n) is 14.7. The zero-order chi connectivity index (χ0) is 18.5. The van der Waals surface area contributed by atoms with E-state index in [4.69, 9.17) is 0 Å². The van der Waals surface area contributed by atoms with Crippen LogP contribution in [-0.2, 0) is 0 Å². The van der Waals surface area contributed by atoms with Gasteiger partial charge in [0.05, 0.1) is 0 Å². The molecule has 4 rings (SSSR count). The van der Waals surface area contributed by atoms with Crippen LogP contribution in [0.5, 0.6) is 0 Å². The van der Waals surface area contributed by atoms with E-state index in [0.717, 1.165) is 37.9 Å². The van der Waals surface area contributed by atoms with Gasteiger partial charge in [-0.15, -0.1) is 10.2 Å². The number of carbonyl (C=O) groups excluding carboxylic acids is 1. The second kappa shape index (κ2) is 7.77. The number of benzene rings is 1. The molecule has 0 saturated carbocycles. The number of rotatable bonds is 4. The summed E-state index contributed by atoms with van der Waals surface area (Å²) in [7, 11) is 0. The third kappa shape index (κ3) is 4.00. The summed E-state index contributed by atoms with van der Waals surface area (Å²) in [6.45, 7) is 3.25.